The second-order valence-corrected chi connectivity index (χ2v) is 6.67. The average Bonchev–Trinajstić information content (AvgIpc) is 3.07. The Hall–Kier alpha value is -3.36. The third-order valence-electron chi connectivity index (χ3n) is 4.37. The van der Waals surface area contributed by atoms with Crippen molar-refractivity contribution in [2.75, 3.05) is 6.54 Å². The fourth-order valence-electron chi connectivity index (χ4n) is 2.98. The zero-order valence-electron chi connectivity index (χ0n) is 16.1. The van der Waals surface area contributed by atoms with Crippen LogP contribution in [-0.4, -0.2) is 41.9 Å². The van der Waals surface area contributed by atoms with Crippen molar-refractivity contribution in [1.29, 1.82) is 0 Å². The summed E-state index contributed by atoms with van der Waals surface area (Å²) in [4.78, 5) is 33.9. The van der Waals surface area contributed by atoms with Crippen LogP contribution >= 0.6 is 0 Å². The Bertz CT molecular complexity index is 1030. The molecule has 28 heavy (non-hydrogen) atoms. The second-order valence-electron chi connectivity index (χ2n) is 6.67. The van der Waals surface area contributed by atoms with Crippen molar-refractivity contribution in [2.24, 2.45) is 0 Å². The number of rotatable bonds is 7. The van der Waals surface area contributed by atoms with Crippen LogP contribution in [0.1, 0.15) is 47.3 Å². The first-order valence-electron chi connectivity index (χ1n) is 9.12. The number of nitro groups is 1. The smallest absolute Gasteiger partial charge is 0.270 e. The maximum Gasteiger partial charge on any atom is 0.270 e. The molecule has 0 unspecified atom stereocenters. The number of nitrogens with zero attached hydrogens (tertiary/aromatic N) is 6. The third kappa shape index (κ3) is 4.13. The summed E-state index contributed by atoms with van der Waals surface area (Å²) >= 11 is 0. The van der Waals surface area contributed by atoms with Gasteiger partial charge in [0, 0.05) is 35.6 Å². The zero-order chi connectivity index (χ0) is 20.3. The van der Waals surface area contributed by atoms with Crippen molar-refractivity contribution < 1.29 is 9.72 Å². The van der Waals surface area contributed by atoms with Gasteiger partial charge in [-0.1, -0.05) is 19.4 Å². The Morgan fingerprint density at radius 3 is 2.75 bits per heavy atom. The van der Waals surface area contributed by atoms with E-state index in [-0.39, 0.29) is 23.7 Å². The van der Waals surface area contributed by atoms with Crippen molar-refractivity contribution in [3.8, 4) is 0 Å². The molecule has 9 heteroatoms. The van der Waals surface area contributed by atoms with Gasteiger partial charge in [-0.3, -0.25) is 14.9 Å². The highest BCUT2D eigenvalue weighted by Gasteiger charge is 2.20. The summed E-state index contributed by atoms with van der Waals surface area (Å²) in [6.07, 6.45) is 1.72. The van der Waals surface area contributed by atoms with Gasteiger partial charge in [0.05, 0.1) is 11.5 Å². The molecule has 0 saturated carbocycles. The number of aromatic nitrogens is 4. The standard InChI is InChI=1S/C19H22N6O3/c1-4-5-9-23(18(26)15-7-6-8-16(11-15)25(27)28)12-17-21-19-20-13(2)10-14(3)24(19)22-17/h6-8,10-11H,4-5,9,12H2,1-3H3. The summed E-state index contributed by atoms with van der Waals surface area (Å²) in [5.41, 5.74) is 1.92. The topological polar surface area (TPSA) is 107 Å². The summed E-state index contributed by atoms with van der Waals surface area (Å²) in [5.74, 6) is 0.693. The molecule has 9 nitrogen and oxygen atoms in total. The molecule has 3 rings (SSSR count). The summed E-state index contributed by atoms with van der Waals surface area (Å²) in [6, 6.07) is 7.68. The number of aryl methyl sites for hydroxylation is 2. The van der Waals surface area contributed by atoms with E-state index in [0.717, 1.165) is 24.2 Å². The normalized spacial score (nSPS) is 11.0. The van der Waals surface area contributed by atoms with Crippen LogP contribution in [0.5, 0.6) is 0 Å². The van der Waals surface area contributed by atoms with Crippen LogP contribution in [0.4, 0.5) is 5.69 Å². The monoisotopic (exact) mass is 382 g/mol. The number of fused-ring (bicyclic) bond motifs is 1. The molecule has 0 aliphatic heterocycles. The molecular formula is C19H22N6O3. The minimum Gasteiger partial charge on any atom is -0.331 e. The van der Waals surface area contributed by atoms with Gasteiger partial charge >= 0.3 is 0 Å². The molecule has 0 aliphatic rings. The molecule has 0 N–H and O–H groups in total. The van der Waals surface area contributed by atoms with E-state index in [2.05, 4.69) is 15.1 Å². The molecule has 0 fully saturated rings. The molecule has 1 amide bonds. The van der Waals surface area contributed by atoms with Crippen LogP contribution in [-0.2, 0) is 6.54 Å². The number of hydrogen-bond acceptors (Lipinski definition) is 6. The Morgan fingerprint density at radius 2 is 2.04 bits per heavy atom. The van der Waals surface area contributed by atoms with Gasteiger partial charge in [0.2, 0.25) is 0 Å². The lowest BCUT2D eigenvalue weighted by molar-refractivity contribution is -0.384. The first-order valence-corrected chi connectivity index (χ1v) is 9.12. The summed E-state index contributed by atoms with van der Waals surface area (Å²) < 4.78 is 1.65. The highest BCUT2D eigenvalue weighted by molar-refractivity contribution is 5.94. The molecule has 2 heterocycles. The molecule has 0 aliphatic carbocycles. The molecule has 3 aromatic rings. The Balaban J connectivity index is 1.90. The van der Waals surface area contributed by atoms with E-state index in [9.17, 15) is 14.9 Å². The van der Waals surface area contributed by atoms with Gasteiger partial charge in [-0.05, 0) is 32.4 Å². The number of unbranched alkanes of at least 4 members (excludes halogenated alkanes) is 1. The van der Waals surface area contributed by atoms with Gasteiger partial charge < -0.3 is 4.90 Å². The number of benzene rings is 1. The average molecular weight is 382 g/mol. The first kappa shape index (κ1) is 19.4. The fourth-order valence-corrected chi connectivity index (χ4v) is 2.98. The number of amides is 1. The van der Waals surface area contributed by atoms with Gasteiger partial charge in [-0.15, -0.1) is 5.10 Å². The molecule has 0 bridgehead atoms. The molecule has 146 valence electrons. The van der Waals surface area contributed by atoms with E-state index in [1.165, 1.54) is 18.2 Å². The Labute approximate surface area is 162 Å². The van der Waals surface area contributed by atoms with Crippen molar-refractivity contribution in [3.63, 3.8) is 0 Å². The fraction of sp³-hybridized carbons (Fsp3) is 0.368. The lowest BCUT2D eigenvalue weighted by Gasteiger charge is -2.21. The van der Waals surface area contributed by atoms with E-state index < -0.39 is 4.92 Å². The number of non-ortho nitro benzene ring substituents is 1. The predicted octanol–water partition coefficient (Wildman–Crippen LogP) is 3.09. The highest BCUT2D eigenvalue weighted by Crippen LogP contribution is 2.17. The number of hydrogen-bond donors (Lipinski definition) is 0. The lowest BCUT2D eigenvalue weighted by Crippen LogP contribution is -2.32. The first-order chi connectivity index (χ1) is 13.4. The molecule has 0 saturated heterocycles. The van der Waals surface area contributed by atoms with Crippen LogP contribution in [0.2, 0.25) is 0 Å². The van der Waals surface area contributed by atoms with Crippen LogP contribution in [0.25, 0.3) is 5.78 Å². The van der Waals surface area contributed by atoms with E-state index >= 15 is 0 Å². The van der Waals surface area contributed by atoms with Crippen molar-refractivity contribution >= 4 is 17.4 Å². The van der Waals surface area contributed by atoms with Gasteiger partial charge in [-0.25, -0.2) is 9.50 Å². The van der Waals surface area contributed by atoms with E-state index in [1.807, 2.05) is 26.8 Å². The largest absolute Gasteiger partial charge is 0.331 e. The van der Waals surface area contributed by atoms with Crippen LogP contribution in [0.15, 0.2) is 30.3 Å². The van der Waals surface area contributed by atoms with Crippen LogP contribution in [0.3, 0.4) is 0 Å². The van der Waals surface area contributed by atoms with Crippen LogP contribution in [0, 0.1) is 24.0 Å². The number of nitro benzene ring substituents is 1. The Kier molecular flexibility index (Phi) is 5.62. The Morgan fingerprint density at radius 1 is 1.25 bits per heavy atom. The molecular weight excluding hydrogens is 360 g/mol. The maximum absolute atomic E-state index is 13.0. The van der Waals surface area contributed by atoms with Gasteiger partial charge in [0.25, 0.3) is 17.4 Å². The summed E-state index contributed by atoms with van der Waals surface area (Å²) in [6.45, 7) is 6.57. The number of carbonyl (C=O) groups is 1. The maximum atomic E-state index is 13.0. The van der Waals surface area contributed by atoms with Gasteiger partial charge in [0.1, 0.15) is 0 Å². The lowest BCUT2D eigenvalue weighted by atomic mass is 10.1. The van der Waals surface area contributed by atoms with Crippen molar-refractivity contribution in [2.45, 2.75) is 40.2 Å². The highest BCUT2D eigenvalue weighted by atomic mass is 16.6. The zero-order valence-corrected chi connectivity index (χ0v) is 16.1. The summed E-state index contributed by atoms with van der Waals surface area (Å²) in [7, 11) is 0. The third-order valence-corrected chi connectivity index (χ3v) is 4.37. The van der Waals surface area contributed by atoms with Gasteiger partial charge in [0.15, 0.2) is 5.82 Å². The van der Waals surface area contributed by atoms with Crippen molar-refractivity contribution in [1.82, 2.24) is 24.5 Å². The van der Waals surface area contributed by atoms with E-state index in [4.69, 9.17) is 0 Å². The quantitative estimate of drug-likeness (QED) is 0.459. The minimum atomic E-state index is -0.506. The van der Waals surface area contributed by atoms with Gasteiger partial charge in [-0.2, -0.15) is 4.98 Å². The molecule has 0 atom stereocenters. The molecule has 0 spiro atoms. The van der Waals surface area contributed by atoms with Crippen LogP contribution < -0.4 is 0 Å². The molecule has 0 radical (unpaired) electrons. The predicted molar refractivity (Wildman–Crippen MR) is 103 cm³/mol. The van der Waals surface area contributed by atoms with E-state index in [1.54, 1.807) is 15.5 Å². The minimum absolute atomic E-state index is 0.109. The van der Waals surface area contributed by atoms with E-state index in [0.29, 0.717) is 18.1 Å². The second kappa shape index (κ2) is 8.12. The molecule has 2 aromatic heterocycles. The summed E-state index contributed by atoms with van der Waals surface area (Å²) in [5, 5.41) is 15.5. The number of carbonyl (C=O) groups excluding carboxylic acids is 1. The molecule has 1 aromatic carbocycles. The van der Waals surface area contributed by atoms with Crippen molar-refractivity contribution in [3.05, 3.63) is 63.2 Å². The SMILES string of the molecule is CCCCN(Cc1nc2nc(C)cc(C)n2n1)C(=O)c1cccc([N+](=O)[O-])c1.